The Kier molecular flexibility index (Phi) is 3.27. The summed E-state index contributed by atoms with van der Waals surface area (Å²) in [5.41, 5.74) is 10.5. The quantitative estimate of drug-likeness (QED) is 0.271. The van der Waals surface area contributed by atoms with Gasteiger partial charge in [-0.3, -0.25) is 10.1 Å². The lowest BCUT2D eigenvalue weighted by Crippen LogP contribution is -2.04. The second-order valence-corrected chi connectivity index (χ2v) is 3.62. The summed E-state index contributed by atoms with van der Waals surface area (Å²) in [4.78, 5) is 13.4. The minimum atomic E-state index is -0.483. The molecule has 0 N–H and O–H groups in total. The highest BCUT2D eigenvalue weighted by Crippen LogP contribution is 2.16. The highest BCUT2D eigenvalue weighted by Gasteiger charge is 2.17. The number of nitro benzene ring substituents is 1. The first-order chi connectivity index (χ1) is 8.72. The first-order valence-electron chi connectivity index (χ1n) is 5.24. The van der Waals surface area contributed by atoms with Crippen LogP contribution in [-0.2, 0) is 0 Å². The zero-order valence-electron chi connectivity index (χ0n) is 9.35. The van der Waals surface area contributed by atoms with E-state index in [9.17, 15) is 10.1 Å². The van der Waals surface area contributed by atoms with Gasteiger partial charge in [-0.05, 0) is 18.2 Å². The smallest absolute Gasteiger partial charge is 0.329 e. The lowest BCUT2D eigenvalue weighted by molar-refractivity contribution is -0.384. The molecule has 0 saturated carbocycles. The van der Waals surface area contributed by atoms with Crippen molar-refractivity contribution < 1.29 is 9.71 Å². The van der Waals surface area contributed by atoms with E-state index in [1.165, 1.54) is 12.1 Å². The van der Waals surface area contributed by atoms with Gasteiger partial charge in [-0.2, -0.15) is 4.79 Å². The van der Waals surface area contributed by atoms with Gasteiger partial charge in [0.15, 0.2) is 0 Å². The van der Waals surface area contributed by atoms with Gasteiger partial charge in [-0.25, -0.2) is 0 Å². The average Bonchev–Trinajstić information content (AvgIpc) is 2.41. The normalized spacial score (nSPS) is 9.56. The first-order valence-corrected chi connectivity index (χ1v) is 5.24. The maximum absolute atomic E-state index is 10.7. The van der Waals surface area contributed by atoms with Crippen molar-refractivity contribution in [1.82, 2.24) is 0 Å². The van der Waals surface area contributed by atoms with Crippen LogP contribution in [0.1, 0.15) is 11.1 Å². The lowest BCUT2D eigenvalue weighted by Gasteiger charge is -1.97. The molecule has 0 aliphatic heterocycles. The van der Waals surface area contributed by atoms with Gasteiger partial charge in [0.1, 0.15) is 0 Å². The van der Waals surface area contributed by atoms with Gasteiger partial charge in [0.05, 0.1) is 16.1 Å². The minimum Gasteiger partial charge on any atom is -0.361 e. The third-order valence-corrected chi connectivity index (χ3v) is 2.48. The van der Waals surface area contributed by atoms with E-state index in [1.807, 2.05) is 6.07 Å². The summed E-state index contributed by atoms with van der Waals surface area (Å²) in [6.07, 6.45) is 0. The van der Waals surface area contributed by atoms with Gasteiger partial charge in [0.2, 0.25) is 0 Å². The Balaban J connectivity index is 2.50. The SMILES string of the molecule is [N-]=[N+]=C(c1ccccc1)c1cccc([N+](=O)[O-])c1. The molecule has 0 saturated heterocycles. The maximum Gasteiger partial charge on any atom is 0.329 e. The van der Waals surface area contributed by atoms with E-state index in [0.29, 0.717) is 16.8 Å². The molecule has 18 heavy (non-hydrogen) atoms. The van der Waals surface area contributed by atoms with Gasteiger partial charge in [0, 0.05) is 12.1 Å². The van der Waals surface area contributed by atoms with Crippen LogP contribution in [0.25, 0.3) is 5.53 Å². The summed E-state index contributed by atoms with van der Waals surface area (Å²) < 4.78 is 0. The number of hydrogen-bond donors (Lipinski definition) is 0. The molecule has 2 aromatic rings. The van der Waals surface area contributed by atoms with Crippen LogP contribution >= 0.6 is 0 Å². The van der Waals surface area contributed by atoms with E-state index in [1.54, 1.807) is 36.4 Å². The fraction of sp³-hybridized carbons (Fsp3) is 0. The Hall–Kier alpha value is -2.78. The number of nitrogens with zero attached hydrogens (tertiary/aromatic N) is 3. The molecule has 88 valence electrons. The third-order valence-electron chi connectivity index (χ3n) is 2.48. The topological polar surface area (TPSA) is 79.5 Å². The molecule has 0 amide bonds. The predicted octanol–water partition coefficient (Wildman–Crippen LogP) is 2.66. The second kappa shape index (κ2) is 5.03. The van der Waals surface area contributed by atoms with Crippen LogP contribution in [0.4, 0.5) is 5.69 Å². The van der Waals surface area contributed by atoms with E-state index < -0.39 is 4.92 Å². The molecule has 2 aromatic carbocycles. The lowest BCUT2D eigenvalue weighted by atomic mass is 10.0. The molecule has 0 aromatic heterocycles. The van der Waals surface area contributed by atoms with Gasteiger partial charge >= 0.3 is 5.71 Å². The summed E-state index contributed by atoms with van der Waals surface area (Å²) in [7, 11) is 0. The fourth-order valence-electron chi connectivity index (χ4n) is 1.64. The van der Waals surface area contributed by atoms with Crippen LogP contribution in [0, 0.1) is 10.1 Å². The molecule has 5 nitrogen and oxygen atoms in total. The van der Waals surface area contributed by atoms with Crippen molar-refractivity contribution in [3.05, 3.63) is 81.4 Å². The largest absolute Gasteiger partial charge is 0.361 e. The Labute approximate surface area is 103 Å². The van der Waals surface area contributed by atoms with Gasteiger partial charge in [-0.1, -0.05) is 24.3 Å². The van der Waals surface area contributed by atoms with Crippen LogP contribution in [0.5, 0.6) is 0 Å². The fourth-order valence-corrected chi connectivity index (χ4v) is 1.64. The standard InChI is InChI=1S/C13H9N3O2/c14-15-13(10-5-2-1-3-6-10)11-7-4-8-12(9-11)16(17)18/h1-9H. The van der Waals surface area contributed by atoms with Crippen molar-refractivity contribution in [2.24, 2.45) is 0 Å². The molecule has 0 fully saturated rings. The van der Waals surface area contributed by atoms with Crippen molar-refractivity contribution in [1.29, 1.82) is 0 Å². The van der Waals surface area contributed by atoms with Gasteiger partial charge in [-0.15, -0.1) is 0 Å². The molecule has 0 spiro atoms. The Morgan fingerprint density at radius 2 is 1.72 bits per heavy atom. The van der Waals surface area contributed by atoms with Crippen LogP contribution < -0.4 is 0 Å². The number of nitro groups is 1. The van der Waals surface area contributed by atoms with Gasteiger partial charge in [0.25, 0.3) is 5.69 Å². The van der Waals surface area contributed by atoms with Crippen molar-refractivity contribution >= 4 is 11.4 Å². The first kappa shape index (κ1) is 11.7. The molecule has 0 radical (unpaired) electrons. The zero-order valence-corrected chi connectivity index (χ0v) is 9.35. The Morgan fingerprint density at radius 3 is 2.33 bits per heavy atom. The van der Waals surface area contributed by atoms with Crippen LogP contribution in [0.3, 0.4) is 0 Å². The van der Waals surface area contributed by atoms with Crippen molar-refractivity contribution in [3.63, 3.8) is 0 Å². The van der Waals surface area contributed by atoms with Crippen molar-refractivity contribution in [2.45, 2.75) is 0 Å². The zero-order chi connectivity index (χ0) is 13.0. The molecule has 0 heterocycles. The predicted molar refractivity (Wildman–Crippen MR) is 66.4 cm³/mol. The summed E-state index contributed by atoms with van der Waals surface area (Å²) in [6.45, 7) is 0. The monoisotopic (exact) mass is 239 g/mol. The summed E-state index contributed by atoms with van der Waals surface area (Å²) in [6, 6.07) is 15.0. The second-order valence-electron chi connectivity index (χ2n) is 3.62. The molecule has 2 rings (SSSR count). The van der Waals surface area contributed by atoms with E-state index in [4.69, 9.17) is 5.53 Å². The third kappa shape index (κ3) is 2.31. The number of benzene rings is 2. The van der Waals surface area contributed by atoms with Crippen LogP contribution in [-0.4, -0.2) is 15.4 Å². The molecule has 0 aliphatic rings. The molecular formula is C13H9N3O2. The minimum absolute atomic E-state index is 0.0374. The van der Waals surface area contributed by atoms with Gasteiger partial charge < -0.3 is 5.53 Å². The average molecular weight is 239 g/mol. The van der Waals surface area contributed by atoms with Crippen LogP contribution in [0.15, 0.2) is 54.6 Å². The van der Waals surface area contributed by atoms with Crippen molar-refractivity contribution in [2.75, 3.05) is 0 Å². The Morgan fingerprint density at radius 1 is 1.06 bits per heavy atom. The molecular weight excluding hydrogens is 230 g/mol. The summed E-state index contributed by atoms with van der Waals surface area (Å²) >= 11 is 0. The summed E-state index contributed by atoms with van der Waals surface area (Å²) in [5, 5.41) is 10.7. The highest BCUT2D eigenvalue weighted by atomic mass is 16.6. The molecule has 5 heteroatoms. The molecule has 0 bridgehead atoms. The number of non-ortho nitro benzene ring substituents is 1. The van der Waals surface area contributed by atoms with E-state index in [0.717, 1.165) is 0 Å². The van der Waals surface area contributed by atoms with Crippen molar-refractivity contribution in [3.8, 4) is 0 Å². The van der Waals surface area contributed by atoms with Crippen LogP contribution in [0.2, 0.25) is 0 Å². The Bertz CT molecular complexity index is 632. The van der Waals surface area contributed by atoms with E-state index >= 15 is 0 Å². The summed E-state index contributed by atoms with van der Waals surface area (Å²) in [5.74, 6) is 0. The molecule has 0 unspecified atom stereocenters. The molecule has 0 aliphatic carbocycles. The van der Waals surface area contributed by atoms with E-state index in [2.05, 4.69) is 4.79 Å². The van der Waals surface area contributed by atoms with E-state index in [-0.39, 0.29) is 5.69 Å². The highest BCUT2D eigenvalue weighted by molar-refractivity contribution is 6.09. The maximum atomic E-state index is 10.7. The number of hydrogen-bond acceptors (Lipinski definition) is 2. The molecule has 0 atom stereocenters. The number of rotatable bonds is 3.